The highest BCUT2D eigenvalue weighted by molar-refractivity contribution is 4.79. The smallest absolute Gasteiger partial charge is 0.180 e. The molecule has 3 atom stereocenters. The average Bonchev–Trinajstić information content (AvgIpc) is 2.00. The molecule has 0 saturated heterocycles. The van der Waals surface area contributed by atoms with E-state index in [0.29, 0.717) is 0 Å². The topological polar surface area (TPSA) is 133 Å². The van der Waals surface area contributed by atoms with E-state index in [2.05, 4.69) is 0 Å². The molecular weight excluding hydrogens is 171 g/mol. The number of rotatable bonds is 4. The highest BCUT2D eigenvalue weighted by Crippen LogP contribution is 2.00. The zero-order chi connectivity index (χ0) is 9.02. The van der Waals surface area contributed by atoms with Gasteiger partial charge in [-0.3, -0.25) is 4.70 Å². The molecule has 0 saturated carbocycles. The molecule has 0 bridgehead atoms. The zero-order valence-corrected chi connectivity index (χ0v) is 6.37. The van der Waals surface area contributed by atoms with Crippen molar-refractivity contribution in [1.29, 1.82) is 0 Å². The van der Waals surface area contributed by atoms with Crippen LogP contribution in [0.15, 0.2) is 0 Å². The Balaban J connectivity index is 0. The number of aliphatic hydroxyl groups is 4. The maximum atomic E-state index is 8.98. The summed E-state index contributed by atoms with van der Waals surface area (Å²) in [5, 5.41) is 34.6. The summed E-state index contributed by atoms with van der Waals surface area (Å²) in [6.45, 7) is -0.0368. The highest BCUT2D eigenvalue weighted by Gasteiger charge is 2.27. The SMILES string of the molecule is F.NCC(N)C(O)C(O)C(O)O. The standard InChI is InChI=1S/C5H14N2O4.FH/c6-1-2(7)3(8)4(9)5(10)11;/h2-5,8-11H,1,6-7H2;1H. The molecule has 0 aliphatic heterocycles. The Bertz CT molecular complexity index is 116. The lowest BCUT2D eigenvalue weighted by molar-refractivity contribution is -0.160. The summed E-state index contributed by atoms with van der Waals surface area (Å²) < 4.78 is 0. The van der Waals surface area contributed by atoms with Crippen molar-refractivity contribution in [3.05, 3.63) is 0 Å². The monoisotopic (exact) mass is 186 g/mol. The summed E-state index contributed by atoms with van der Waals surface area (Å²) in [6, 6.07) is -0.855. The van der Waals surface area contributed by atoms with E-state index >= 15 is 0 Å². The van der Waals surface area contributed by atoms with Crippen molar-refractivity contribution in [2.45, 2.75) is 24.5 Å². The average molecular weight is 186 g/mol. The largest absolute Gasteiger partial charge is 0.389 e. The van der Waals surface area contributed by atoms with E-state index in [4.69, 9.17) is 31.9 Å². The van der Waals surface area contributed by atoms with Crippen LogP contribution in [0.2, 0.25) is 0 Å². The van der Waals surface area contributed by atoms with Crippen molar-refractivity contribution in [3.8, 4) is 0 Å². The first-order valence-corrected chi connectivity index (χ1v) is 3.18. The first kappa shape index (κ1) is 14.2. The van der Waals surface area contributed by atoms with Crippen LogP contribution in [0, 0.1) is 0 Å². The Morgan fingerprint density at radius 2 is 1.42 bits per heavy atom. The molecule has 0 aliphatic carbocycles. The lowest BCUT2D eigenvalue weighted by Crippen LogP contribution is -2.51. The number of nitrogens with two attached hydrogens (primary N) is 2. The van der Waals surface area contributed by atoms with Crippen molar-refractivity contribution < 1.29 is 25.1 Å². The molecule has 0 heterocycles. The molecule has 0 aromatic rings. The van der Waals surface area contributed by atoms with Gasteiger partial charge in [-0.2, -0.15) is 0 Å². The Morgan fingerprint density at radius 1 is 1.00 bits per heavy atom. The van der Waals surface area contributed by atoms with E-state index in [1.54, 1.807) is 0 Å². The first-order chi connectivity index (χ1) is 5.00. The third-order valence-corrected chi connectivity index (χ3v) is 1.37. The third kappa shape index (κ3) is 3.90. The Hall–Kier alpha value is -0.310. The number of hydrogen-bond donors (Lipinski definition) is 6. The fourth-order valence-electron chi connectivity index (χ4n) is 0.569. The molecule has 0 aliphatic rings. The molecule has 76 valence electrons. The van der Waals surface area contributed by atoms with Crippen LogP contribution in [0.4, 0.5) is 4.70 Å². The number of halogens is 1. The van der Waals surface area contributed by atoms with Gasteiger partial charge in [-0.05, 0) is 0 Å². The quantitative estimate of drug-likeness (QED) is 0.252. The summed E-state index contributed by atoms with van der Waals surface area (Å²) in [5.74, 6) is 0. The lowest BCUT2D eigenvalue weighted by Gasteiger charge is -2.23. The summed E-state index contributed by atoms with van der Waals surface area (Å²) >= 11 is 0. The minimum atomic E-state index is -2.00. The van der Waals surface area contributed by atoms with Gasteiger partial charge in [0.05, 0.1) is 0 Å². The summed E-state index contributed by atoms with van der Waals surface area (Å²) in [7, 11) is 0. The molecule has 3 unspecified atom stereocenters. The van der Waals surface area contributed by atoms with Gasteiger partial charge in [0.25, 0.3) is 0 Å². The zero-order valence-electron chi connectivity index (χ0n) is 6.37. The second-order valence-corrected chi connectivity index (χ2v) is 2.29. The minimum absolute atomic E-state index is 0. The molecule has 6 nitrogen and oxygen atoms in total. The Kier molecular flexibility index (Phi) is 7.39. The van der Waals surface area contributed by atoms with Crippen LogP contribution < -0.4 is 11.5 Å². The molecular formula is C5H15FN2O4. The predicted molar refractivity (Wildman–Crippen MR) is 39.8 cm³/mol. The normalized spacial score (nSPS) is 18.2. The molecule has 0 radical (unpaired) electrons. The van der Waals surface area contributed by atoms with E-state index in [-0.39, 0.29) is 11.2 Å². The van der Waals surface area contributed by atoms with E-state index < -0.39 is 24.5 Å². The molecule has 8 N–H and O–H groups in total. The van der Waals surface area contributed by atoms with Gasteiger partial charge in [-0.1, -0.05) is 0 Å². The van der Waals surface area contributed by atoms with Crippen LogP contribution >= 0.6 is 0 Å². The fourth-order valence-corrected chi connectivity index (χ4v) is 0.569. The maximum Gasteiger partial charge on any atom is 0.180 e. The summed E-state index contributed by atoms with van der Waals surface area (Å²) in [4.78, 5) is 0. The maximum absolute atomic E-state index is 8.98. The third-order valence-electron chi connectivity index (χ3n) is 1.37. The second-order valence-electron chi connectivity index (χ2n) is 2.29. The minimum Gasteiger partial charge on any atom is -0.389 e. The van der Waals surface area contributed by atoms with Gasteiger partial charge in [-0.25, -0.2) is 0 Å². The predicted octanol–water partition coefficient (Wildman–Crippen LogP) is -3.54. The fraction of sp³-hybridized carbons (Fsp3) is 1.00. The van der Waals surface area contributed by atoms with Crippen molar-refractivity contribution in [1.82, 2.24) is 0 Å². The van der Waals surface area contributed by atoms with Gasteiger partial charge in [0, 0.05) is 12.6 Å². The second kappa shape index (κ2) is 6.23. The van der Waals surface area contributed by atoms with Crippen LogP contribution in [0.5, 0.6) is 0 Å². The molecule has 0 fully saturated rings. The van der Waals surface area contributed by atoms with Crippen LogP contribution in [0.1, 0.15) is 0 Å². The lowest BCUT2D eigenvalue weighted by atomic mass is 10.1. The molecule has 0 rings (SSSR count). The van der Waals surface area contributed by atoms with Crippen molar-refractivity contribution >= 4 is 0 Å². The van der Waals surface area contributed by atoms with Crippen LogP contribution in [0.3, 0.4) is 0 Å². The molecule has 0 spiro atoms. The molecule has 0 aromatic heterocycles. The molecule has 7 heteroatoms. The van der Waals surface area contributed by atoms with Gasteiger partial charge >= 0.3 is 0 Å². The van der Waals surface area contributed by atoms with Gasteiger partial charge in [0.2, 0.25) is 0 Å². The molecule has 0 aromatic carbocycles. The number of hydrogen-bond acceptors (Lipinski definition) is 6. The Labute approximate surface area is 68.8 Å². The van der Waals surface area contributed by atoms with Crippen molar-refractivity contribution in [2.24, 2.45) is 11.5 Å². The summed E-state index contributed by atoms with van der Waals surface area (Å²) in [6.07, 6.45) is -5.09. The first-order valence-electron chi connectivity index (χ1n) is 3.18. The van der Waals surface area contributed by atoms with E-state index in [0.717, 1.165) is 0 Å². The van der Waals surface area contributed by atoms with Crippen molar-refractivity contribution in [3.63, 3.8) is 0 Å². The molecule has 0 amide bonds. The van der Waals surface area contributed by atoms with E-state index in [1.807, 2.05) is 0 Å². The Morgan fingerprint density at radius 3 is 1.67 bits per heavy atom. The van der Waals surface area contributed by atoms with Gasteiger partial charge in [0.1, 0.15) is 12.2 Å². The highest BCUT2D eigenvalue weighted by atomic mass is 19.0. The summed E-state index contributed by atoms with van der Waals surface area (Å²) in [5.41, 5.74) is 10.2. The van der Waals surface area contributed by atoms with E-state index in [9.17, 15) is 0 Å². The van der Waals surface area contributed by atoms with Crippen LogP contribution in [0.25, 0.3) is 0 Å². The number of aliphatic hydroxyl groups excluding tert-OH is 3. The van der Waals surface area contributed by atoms with Crippen molar-refractivity contribution in [2.75, 3.05) is 6.54 Å². The van der Waals surface area contributed by atoms with Gasteiger partial charge < -0.3 is 31.9 Å². The van der Waals surface area contributed by atoms with Crippen LogP contribution in [-0.2, 0) is 0 Å². The van der Waals surface area contributed by atoms with E-state index in [1.165, 1.54) is 0 Å². The molecule has 12 heavy (non-hydrogen) atoms. The van der Waals surface area contributed by atoms with Crippen LogP contribution in [-0.4, -0.2) is 51.5 Å². The van der Waals surface area contributed by atoms with Gasteiger partial charge in [0.15, 0.2) is 6.29 Å². The van der Waals surface area contributed by atoms with Gasteiger partial charge in [-0.15, -0.1) is 0 Å².